The smallest absolute Gasteiger partial charge is 0.126 e. The summed E-state index contributed by atoms with van der Waals surface area (Å²) in [6.07, 6.45) is 0. The fraction of sp³-hybridized carbons (Fsp3) is 0.571. The Hall–Kier alpha value is -0.930. The van der Waals surface area contributed by atoms with Gasteiger partial charge in [0, 0.05) is 18.6 Å². The molecule has 0 aliphatic carbocycles. The second-order valence-electron chi connectivity index (χ2n) is 5.39. The number of halogens is 1. The molecule has 1 N–H and O–H groups in total. The summed E-state index contributed by atoms with van der Waals surface area (Å²) < 4.78 is 13.3. The minimum absolute atomic E-state index is 0.100. The number of hydrogen-bond acceptors (Lipinski definition) is 2. The van der Waals surface area contributed by atoms with Gasteiger partial charge in [-0.2, -0.15) is 0 Å². The van der Waals surface area contributed by atoms with E-state index in [1.165, 1.54) is 0 Å². The van der Waals surface area contributed by atoms with Gasteiger partial charge in [0.15, 0.2) is 0 Å². The number of hydrogen-bond donors (Lipinski definition) is 1. The molecule has 0 bridgehead atoms. The number of benzene rings is 1. The van der Waals surface area contributed by atoms with Gasteiger partial charge in [-0.3, -0.25) is 0 Å². The molecule has 0 saturated carbocycles. The lowest BCUT2D eigenvalue weighted by Gasteiger charge is -2.32. The van der Waals surface area contributed by atoms with Gasteiger partial charge in [-0.15, -0.1) is 0 Å². The molecule has 0 aliphatic rings. The molecule has 0 radical (unpaired) electrons. The van der Waals surface area contributed by atoms with E-state index in [4.69, 9.17) is 0 Å². The number of nitrogens with zero attached hydrogens (tertiary/aromatic N) is 1. The van der Waals surface area contributed by atoms with Crippen molar-refractivity contribution < 1.29 is 4.39 Å². The van der Waals surface area contributed by atoms with Crippen molar-refractivity contribution in [2.24, 2.45) is 0 Å². The van der Waals surface area contributed by atoms with E-state index in [0.717, 1.165) is 12.1 Å². The summed E-state index contributed by atoms with van der Waals surface area (Å²) in [5.74, 6) is -0.129. The van der Waals surface area contributed by atoms with Crippen LogP contribution < -0.4 is 5.32 Å². The third-order valence-corrected chi connectivity index (χ3v) is 3.33. The van der Waals surface area contributed by atoms with Crippen molar-refractivity contribution in [3.05, 3.63) is 35.1 Å². The molecule has 0 saturated heterocycles. The summed E-state index contributed by atoms with van der Waals surface area (Å²) in [5.41, 5.74) is 1.79. The molecule has 0 aliphatic heterocycles. The molecule has 3 heteroatoms. The number of rotatable bonds is 5. The minimum Gasteiger partial charge on any atom is -0.311 e. The van der Waals surface area contributed by atoms with Crippen LogP contribution in [0.4, 0.5) is 4.39 Å². The van der Waals surface area contributed by atoms with Crippen LogP contribution in [0.15, 0.2) is 18.2 Å². The Labute approximate surface area is 104 Å². The van der Waals surface area contributed by atoms with Crippen molar-refractivity contribution in [2.75, 3.05) is 20.6 Å². The van der Waals surface area contributed by atoms with E-state index >= 15 is 0 Å². The van der Waals surface area contributed by atoms with E-state index in [0.29, 0.717) is 12.1 Å². The van der Waals surface area contributed by atoms with Gasteiger partial charge in [-0.25, -0.2) is 4.39 Å². The topological polar surface area (TPSA) is 15.3 Å². The molecule has 0 atom stereocenters. The van der Waals surface area contributed by atoms with Crippen LogP contribution >= 0.6 is 0 Å². The van der Waals surface area contributed by atoms with Crippen LogP contribution in [0.2, 0.25) is 0 Å². The largest absolute Gasteiger partial charge is 0.311 e. The average Bonchev–Trinajstić information content (AvgIpc) is 2.23. The average molecular weight is 238 g/mol. The van der Waals surface area contributed by atoms with Crippen molar-refractivity contribution in [3.8, 4) is 0 Å². The van der Waals surface area contributed by atoms with Gasteiger partial charge in [-0.1, -0.05) is 12.1 Å². The lowest BCUT2D eigenvalue weighted by atomic mass is 10.0. The van der Waals surface area contributed by atoms with Crippen LogP contribution in [0.5, 0.6) is 0 Å². The summed E-state index contributed by atoms with van der Waals surface area (Å²) in [7, 11) is 4.13. The molecule has 0 aromatic heterocycles. The third-order valence-electron chi connectivity index (χ3n) is 3.33. The summed E-state index contributed by atoms with van der Waals surface area (Å²) in [6, 6.07) is 5.39. The highest BCUT2D eigenvalue weighted by Crippen LogP contribution is 2.11. The summed E-state index contributed by atoms with van der Waals surface area (Å²) >= 11 is 0. The fourth-order valence-electron chi connectivity index (χ4n) is 1.42. The highest BCUT2D eigenvalue weighted by Gasteiger charge is 2.19. The normalized spacial score (nSPS) is 12.2. The zero-order valence-electron chi connectivity index (χ0n) is 11.5. The molecule has 0 unspecified atom stereocenters. The van der Waals surface area contributed by atoms with Crippen molar-refractivity contribution >= 4 is 0 Å². The van der Waals surface area contributed by atoms with Crippen molar-refractivity contribution in [1.29, 1.82) is 0 Å². The van der Waals surface area contributed by atoms with Crippen LogP contribution in [-0.4, -0.2) is 31.1 Å². The van der Waals surface area contributed by atoms with E-state index in [9.17, 15) is 4.39 Å². The third kappa shape index (κ3) is 4.10. The molecule has 0 spiro atoms. The molecule has 1 aromatic carbocycles. The van der Waals surface area contributed by atoms with E-state index in [2.05, 4.69) is 38.2 Å². The maximum atomic E-state index is 13.3. The monoisotopic (exact) mass is 238 g/mol. The highest BCUT2D eigenvalue weighted by molar-refractivity contribution is 5.23. The fourth-order valence-corrected chi connectivity index (χ4v) is 1.42. The lowest BCUT2D eigenvalue weighted by Crippen LogP contribution is -2.46. The Balaban J connectivity index is 2.49. The molecular formula is C14H23FN2. The molecule has 17 heavy (non-hydrogen) atoms. The highest BCUT2D eigenvalue weighted by atomic mass is 19.1. The van der Waals surface area contributed by atoms with Gasteiger partial charge in [0.1, 0.15) is 5.82 Å². The van der Waals surface area contributed by atoms with E-state index < -0.39 is 0 Å². The van der Waals surface area contributed by atoms with Crippen LogP contribution in [0.3, 0.4) is 0 Å². The Morgan fingerprint density at radius 1 is 1.29 bits per heavy atom. The molecule has 0 fully saturated rings. The van der Waals surface area contributed by atoms with Crippen LogP contribution in [0.25, 0.3) is 0 Å². The predicted molar refractivity (Wildman–Crippen MR) is 70.6 cm³/mol. The molecule has 2 nitrogen and oxygen atoms in total. The number of nitrogens with one attached hydrogen (secondary N) is 1. The summed E-state index contributed by atoms with van der Waals surface area (Å²) in [5, 5.41) is 3.36. The van der Waals surface area contributed by atoms with Crippen LogP contribution in [0.1, 0.15) is 25.0 Å². The molecular weight excluding hydrogens is 215 g/mol. The summed E-state index contributed by atoms with van der Waals surface area (Å²) in [4.78, 5) is 2.18. The first-order valence-electron chi connectivity index (χ1n) is 5.96. The zero-order chi connectivity index (χ0) is 13.1. The first-order valence-corrected chi connectivity index (χ1v) is 5.96. The maximum absolute atomic E-state index is 13.3. The quantitative estimate of drug-likeness (QED) is 0.848. The van der Waals surface area contributed by atoms with Gasteiger partial charge in [-0.05, 0) is 52.1 Å². The Kier molecular flexibility index (Phi) is 4.66. The predicted octanol–water partition coefficient (Wildman–Crippen LogP) is 2.56. The van der Waals surface area contributed by atoms with Gasteiger partial charge in [0.2, 0.25) is 0 Å². The zero-order valence-corrected chi connectivity index (χ0v) is 11.5. The van der Waals surface area contributed by atoms with Crippen molar-refractivity contribution in [1.82, 2.24) is 10.2 Å². The van der Waals surface area contributed by atoms with Crippen molar-refractivity contribution in [3.63, 3.8) is 0 Å². The number of likely N-dealkylation sites (N-methyl/N-ethyl adjacent to an activating group) is 1. The Bertz CT molecular complexity index is 372. The van der Waals surface area contributed by atoms with Gasteiger partial charge in [0.05, 0.1) is 0 Å². The minimum atomic E-state index is -0.129. The second-order valence-corrected chi connectivity index (χ2v) is 5.39. The SMILES string of the molecule is Cc1ccc(CNCC(C)(C)N(C)C)cc1F. The number of aryl methyl sites for hydroxylation is 1. The molecule has 96 valence electrons. The van der Waals surface area contributed by atoms with E-state index in [1.54, 1.807) is 13.0 Å². The molecule has 0 amide bonds. The lowest BCUT2D eigenvalue weighted by molar-refractivity contribution is 0.190. The second kappa shape index (κ2) is 5.61. The Morgan fingerprint density at radius 2 is 1.94 bits per heavy atom. The van der Waals surface area contributed by atoms with E-state index in [-0.39, 0.29) is 11.4 Å². The standard InChI is InChI=1S/C14H23FN2/c1-11-6-7-12(8-13(11)15)9-16-10-14(2,3)17(4)5/h6-8,16H,9-10H2,1-5H3. The van der Waals surface area contributed by atoms with Gasteiger partial charge >= 0.3 is 0 Å². The van der Waals surface area contributed by atoms with Crippen molar-refractivity contribution in [2.45, 2.75) is 32.9 Å². The Morgan fingerprint density at radius 3 is 2.47 bits per heavy atom. The maximum Gasteiger partial charge on any atom is 0.126 e. The first-order chi connectivity index (χ1) is 7.83. The van der Waals surface area contributed by atoms with E-state index in [1.807, 2.05) is 12.1 Å². The van der Waals surface area contributed by atoms with Crippen LogP contribution in [-0.2, 0) is 6.54 Å². The van der Waals surface area contributed by atoms with Gasteiger partial charge in [0.25, 0.3) is 0 Å². The van der Waals surface area contributed by atoms with Gasteiger partial charge < -0.3 is 10.2 Å². The molecule has 1 aromatic rings. The molecule has 1 rings (SSSR count). The first kappa shape index (κ1) is 14.1. The summed E-state index contributed by atoms with van der Waals surface area (Å²) in [6.45, 7) is 7.71. The molecule has 0 heterocycles. The van der Waals surface area contributed by atoms with Crippen LogP contribution in [0, 0.1) is 12.7 Å².